The van der Waals surface area contributed by atoms with E-state index in [2.05, 4.69) is 10.3 Å². The fourth-order valence-electron chi connectivity index (χ4n) is 1.47. The minimum atomic E-state index is -1.55. The van der Waals surface area contributed by atoms with Crippen LogP contribution in [0, 0.1) is 17.5 Å². The third-order valence-corrected chi connectivity index (χ3v) is 2.33. The summed E-state index contributed by atoms with van der Waals surface area (Å²) in [5, 5.41) is 2.55. The maximum absolute atomic E-state index is 13.1. The van der Waals surface area contributed by atoms with Crippen LogP contribution < -0.4 is 16.8 Å². The molecule has 1 aromatic carbocycles. The molecule has 5 N–H and O–H groups in total. The van der Waals surface area contributed by atoms with Gasteiger partial charge < -0.3 is 11.1 Å². The number of halogens is 3. The van der Waals surface area contributed by atoms with Gasteiger partial charge in [0.2, 0.25) is 0 Å². The first kappa shape index (κ1) is 11.5. The highest BCUT2D eigenvalue weighted by atomic mass is 19.2. The second-order valence-electron chi connectivity index (χ2n) is 3.58. The summed E-state index contributed by atoms with van der Waals surface area (Å²) in [6.07, 6.45) is 2.48. The standard InChI is InChI=1S/C10H9F3N4/c11-6-1-5(2-7(12)9(6)13)10(15)3-8(14)16-4-17-10/h1-4H,14-15H2,(H,16,17). The van der Waals surface area contributed by atoms with Gasteiger partial charge in [-0.2, -0.15) is 0 Å². The van der Waals surface area contributed by atoms with E-state index in [1.54, 1.807) is 0 Å². The zero-order valence-corrected chi connectivity index (χ0v) is 8.55. The van der Waals surface area contributed by atoms with Gasteiger partial charge in [-0.3, -0.25) is 5.73 Å². The van der Waals surface area contributed by atoms with Crippen molar-refractivity contribution in [1.82, 2.24) is 5.32 Å². The number of nitrogens with two attached hydrogens (primary N) is 2. The SMILES string of the molecule is NC1=CC(N)(c2cc(F)c(F)c(F)c2)N=CN1. The predicted molar refractivity (Wildman–Crippen MR) is 56.1 cm³/mol. The molecule has 0 amide bonds. The quantitative estimate of drug-likeness (QED) is 0.633. The third-order valence-electron chi connectivity index (χ3n) is 2.33. The van der Waals surface area contributed by atoms with E-state index in [1.807, 2.05) is 0 Å². The summed E-state index contributed by atoms with van der Waals surface area (Å²) in [5.74, 6) is -4.02. The van der Waals surface area contributed by atoms with E-state index in [1.165, 1.54) is 12.4 Å². The number of hydrogen-bond donors (Lipinski definition) is 3. The summed E-state index contributed by atoms with van der Waals surface area (Å²) in [7, 11) is 0. The topological polar surface area (TPSA) is 76.4 Å². The van der Waals surface area contributed by atoms with Gasteiger partial charge in [0, 0.05) is 11.6 Å². The number of nitrogens with one attached hydrogen (secondary N) is 1. The molecular formula is C10H9F3N4. The summed E-state index contributed by atoms with van der Waals surface area (Å²) in [6, 6.07) is 1.57. The van der Waals surface area contributed by atoms with Gasteiger partial charge in [0.25, 0.3) is 0 Å². The van der Waals surface area contributed by atoms with E-state index < -0.39 is 23.1 Å². The van der Waals surface area contributed by atoms with Gasteiger partial charge in [0.05, 0.1) is 6.34 Å². The molecule has 1 aromatic rings. The summed E-state index contributed by atoms with van der Waals surface area (Å²) >= 11 is 0. The van der Waals surface area contributed by atoms with Gasteiger partial charge in [-0.05, 0) is 12.1 Å². The Morgan fingerprint density at radius 3 is 2.29 bits per heavy atom. The molecule has 90 valence electrons. The number of nitrogens with zero attached hydrogens (tertiary/aromatic N) is 1. The molecule has 1 heterocycles. The molecule has 1 atom stereocenters. The molecule has 0 fully saturated rings. The predicted octanol–water partition coefficient (Wildman–Crippen LogP) is 0.647. The van der Waals surface area contributed by atoms with Crippen molar-refractivity contribution in [2.24, 2.45) is 16.5 Å². The Morgan fingerprint density at radius 2 is 1.76 bits per heavy atom. The Kier molecular flexibility index (Phi) is 2.55. The van der Waals surface area contributed by atoms with Crippen LogP contribution in [0.4, 0.5) is 13.2 Å². The van der Waals surface area contributed by atoms with Gasteiger partial charge in [0.15, 0.2) is 23.1 Å². The van der Waals surface area contributed by atoms with E-state index in [-0.39, 0.29) is 11.4 Å². The van der Waals surface area contributed by atoms with Crippen LogP contribution in [-0.2, 0) is 5.66 Å². The van der Waals surface area contributed by atoms with E-state index >= 15 is 0 Å². The van der Waals surface area contributed by atoms with Crippen LogP contribution in [0.25, 0.3) is 0 Å². The minimum absolute atomic E-state index is 0.0328. The Hall–Kier alpha value is -2.02. The zero-order chi connectivity index (χ0) is 12.6. The van der Waals surface area contributed by atoms with Crippen LogP contribution in [0.1, 0.15) is 5.56 Å². The van der Waals surface area contributed by atoms with Crippen LogP contribution in [0.3, 0.4) is 0 Å². The summed E-state index contributed by atoms with van der Waals surface area (Å²) in [4.78, 5) is 3.82. The molecule has 0 aromatic heterocycles. The highest BCUT2D eigenvalue weighted by molar-refractivity contribution is 5.61. The van der Waals surface area contributed by atoms with Crippen LogP contribution >= 0.6 is 0 Å². The van der Waals surface area contributed by atoms with Gasteiger partial charge >= 0.3 is 0 Å². The van der Waals surface area contributed by atoms with Crippen molar-refractivity contribution < 1.29 is 13.2 Å². The summed E-state index contributed by atoms with van der Waals surface area (Å²) < 4.78 is 38.9. The second-order valence-corrected chi connectivity index (χ2v) is 3.58. The Bertz CT molecular complexity index is 503. The summed E-state index contributed by atoms with van der Waals surface area (Å²) in [6.45, 7) is 0. The van der Waals surface area contributed by atoms with Crippen molar-refractivity contribution in [2.45, 2.75) is 5.66 Å². The molecule has 0 aliphatic carbocycles. The fraction of sp³-hybridized carbons (Fsp3) is 0.100. The van der Waals surface area contributed by atoms with Crippen LogP contribution in [0.5, 0.6) is 0 Å². The first-order valence-electron chi connectivity index (χ1n) is 4.65. The van der Waals surface area contributed by atoms with E-state index in [9.17, 15) is 13.2 Å². The van der Waals surface area contributed by atoms with Crippen molar-refractivity contribution in [2.75, 3.05) is 0 Å². The highest BCUT2D eigenvalue weighted by Gasteiger charge is 2.28. The fourth-order valence-corrected chi connectivity index (χ4v) is 1.47. The number of benzene rings is 1. The largest absolute Gasteiger partial charge is 0.385 e. The molecule has 7 heteroatoms. The smallest absolute Gasteiger partial charge is 0.194 e. The van der Waals surface area contributed by atoms with Crippen molar-refractivity contribution in [3.8, 4) is 0 Å². The van der Waals surface area contributed by atoms with Gasteiger partial charge in [0.1, 0.15) is 5.82 Å². The number of aliphatic imine (C=N–C) groups is 1. The van der Waals surface area contributed by atoms with Crippen molar-refractivity contribution in [3.63, 3.8) is 0 Å². The lowest BCUT2D eigenvalue weighted by molar-refractivity contribution is 0.439. The molecule has 2 rings (SSSR count). The molecule has 4 nitrogen and oxygen atoms in total. The normalized spacial score (nSPS) is 23.2. The lowest BCUT2D eigenvalue weighted by atomic mass is 9.99. The first-order chi connectivity index (χ1) is 7.92. The average Bonchev–Trinajstić information content (AvgIpc) is 2.25. The molecule has 0 saturated carbocycles. The maximum atomic E-state index is 13.1. The number of rotatable bonds is 1. The second kappa shape index (κ2) is 3.77. The molecule has 0 saturated heterocycles. The average molecular weight is 242 g/mol. The van der Waals surface area contributed by atoms with Gasteiger partial charge in [-0.25, -0.2) is 18.2 Å². The van der Waals surface area contributed by atoms with Crippen LogP contribution in [0.2, 0.25) is 0 Å². The van der Waals surface area contributed by atoms with Crippen molar-refractivity contribution >= 4 is 6.34 Å². The Morgan fingerprint density at radius 1 is 1.18 bits per heavy atom. The molecule has 1 aliphatic heterocycles. The van der Waals surface area contributed by atoms with E-state index in [0.29, 0.717) is 0 Å². The number of hydrogen-bond acceptors (Lipinski definition) is 4. The Labute approximate surface area is 94.8 Å². The Balaban J connectivity index is 2.54. The first-order valence-corrected chi connectivity index (χ1v) is 4.65. The van der Waals surface area contributed by atoms with E-state index in [0.717, 1.165) is 12.1 Å². The molecule has 1 unspecified atom stereocenters. The molecule has 0 radical (unpaired) electrons. The van der Waals surface area contributed by atoms with Crippen LogP contribution in [0.15, 0.2) is 29.0 Å². The lowest BCUT2D eigenvalue weighted by Gasteiger charge is -2.25. The molecule has 0 bridgehead atoms. The van der Waals surface area contributed by atoms with Gasteiger partial charge in [-0.15, -0.1) is 0 Å². The molecule has 1 aliphatic rings. The molecular weight excluding hydrogens is 233 g/mol. The molecule has 17 heavy (non-hydrogen) atoms. The third kappa shape index (κ3) is 1.96. The van der Waals surface area contributed by atoms with Crippen molar-refractivity contribution in [3.05, 3.63) is 47.0 Å². The summed E-state index contributed by atoms with van der Waals surface area (Å²) in [5.41, 5.74) is 9.74. The van der Waals surface area contributed by atoms with Crippen LogP contribution in [-0.4, -0.2) is 6.34 Å². The zero-order valence-electron chi connectivity index (χ0n) is 8.55. The lowest BCUT2D eigenvalue weighted by Crippen LogP contribution is -2.39. The maximum Gasteiger partial charge on any atom is 0.194 e. The minimum Gasteiger partial charge on any atom is -0.385 e. The monoisotopic (exact) mass is 242 g/mol. The van der Waals surface area contributed by atoms with Gasteiger partial charge in [-0.1, -0.05) is 0 Å². The highest BCUT2D eigenvalue weighted by Crippen LogP contribution is 2.26. The molecule has 0 spiro atoms. The van der Waals surface area contributed by atoms with Crippen molar-refractivity contribution in [1.29, 1.82) is 0 Å². The van der Waals surface area contributed by atoms with E-state index in [4.69, 9.17) is 11.5 Å².